The van der Waals surface area contributed by atoms with Crippen molar-refractivity contribution in [3.05, 3.63) is 0 Å². The Morgan fingerprint density at radius 2 is 1.11 bits per heavy atom. The first-order valence-corrected chi connectivity index (χ1v) is 7.92. The van der Waals surface area contributed by atoms with Gasteiger partial charge in [-0.25, -0.2) is 0 Å². The maximum atomic E-state index is 2.54. The lowest BCUT2D eigenvalue weighted by Gasteiger charge is -2.49. The van der Waals surface area contributed by atoms with Crippen molar-refractivity contribution in [1.82, 2.24) is 0 Å². The van der Waals surface area contributed by atoms with Crippen LogP contribution in [0.2, 0.25) is 0 Å². The molecule has 2 atom stereocenters. The van der Waals surface area contributed by atoms with Crippen LogP contribution in [0.5, 0.6) is 0 Å². The van der Waals surface area contributed by atoms with Gasteiger partial charge in [-0.1, -0.05) is 61.8 Å². The molecule has 18 heavy (non-hydrogen) atoms. The minimum atomic E-state index is 0.478. The predicted octanol–water partition coefficient (Wildman–Crippen LogP) is 6.30. The highest BCUT2D eigenvalue weighted by Gasteiger charge is 2.42. The molecule has 108 valence electrons. The second-order valence-corrected chi connectivity index (χ2v) is 9.68. The third-order valence-corrected chi connectivity index (χ3v) is 4.93. The first-order chi connectivity index (χ1) is 7.92. The van der Waals surface area contributed by atoms with Crippen molar-refractivity contribution < 1.29 is 0 Å². The average molecular weight is 252 g/mol. The standard InChI is InChI=1S/C18H36/c1-16(2,3)12-14-10-9-11-15(18(14,7)8)13-17(4,5)6/h14-15H,9-13H2,1-8H3. The molecule has 0 aromatic carbocycles. The Bertz CT molecular complexity index is 233. The van der Waals surface area contributed by atoms with Crippen molar-refractivity contribution in [3.8, 4) is 0 Å². The van der Waals surface area contributed by atoms with Crippen LogP contribution >= 0.6 is 0 Å². The van der Waals surface area contributed by atoms with Crippen LogP contribution in [0.4, 0.5) is 0 Å². The maximum Gasteiger partial charge on any atom is -0.0297 e. The van der Waals surface area contributed by atoms with Gasteiger partial charge in [-0.15, -0.1) is 0 Å². The fourth-order valence-corrected chi connectivity index (χ4v) is 3.90. The van der Waals surface area contributed by atoms with E-state index in [-0.39, 0.29) is 0 Å². The van der Waals surface area contributed by atoms with Crippen molar-refractivity contribution in [1.29, 1.82) is 0 Å². The summed E-state index contributed by atoms with van der Waals surface area (Å²) < 4.78 is 0. The summed E-state index contributed by atoms with van der Waals surface area (Å²) >= 11 is 0. The Kier molecular flexibility index (Phi) is 4.62. The quantitative estimate of drug-likeness (QED) is 0.541. The highest BCUT2D eigenvalue weighted by Crippen LogP contribution is 2.52. The Hall–Kier alpha value is 0. The van der Waals surface area contributed by atoms with E-state index in [1.807, 2.05) is 0 Å². The number of hydrogen-bond donors (Lipinski definition) is 0. The molecule has 0 radical (unpaired) electrons. The molecule has 0 aliphatic heterocycles. The zero-order valence-corrected chi connectivity index (χ0v) is 14.2. The van der Waals surface area contributed by atoms with E-state index in [4.69, 9.17) is 0 Å². The Balaban J connectivity index is 2.78. The SMILES string of the molecule is CC(C)(C)CC1CCCC(CC(C)(C)C)C1(C)C. The summed E-state index contributed by atoms with van der Waals surface area (Å²) in [5.41, 5.74) is 1.48. The molecule has 0 heterocycles. The van der Waals surface area contributed by atoms with E-state index in [0.29, 0.717) is 16.2 Å². The van der Waals surface area contributed by atoms with Crippen LogP contribution < -0.4 is 0 Å². The largest absolute Gasteiger partial charge is 0.0602 e. The molecule has 0 N–H and O–H groups in total. The van der Waals surface area contributed by atoms with Crippen LogP contribution in [0.15, 0.2) is 0 Å². The first-order valence-electron chi connectivity index (χ1n) is 7.92. The van der Waals surface area contributed by atoms with Gasteiger partial charge in [0.1, 0.15) is 0 Å². The normalized spacial score (nSPS) is 29.3. The fourth-order valence-electron chi connectivity index (χ4n) is 3.90. The van der Waals surface area contributed by atoms with Gasteiger partial charge in [-0.3, -0.25) is 0 Å². The van der Waals surface area contributed by atoms with E-state index in [2.05, 4.69) is 55.4 Å². The van der Waals surface area contributed by atoms with E-state index < -0.39 is 0 Å². The highest BCUT2D eigenvalue weighted by molar-refractivity contribution is 4.92. The lowest BCUT2D eigenvalue weighted by atomic mass is 9.56. The van der Waals surface area contributed by atoms with Crippen molar-refractivity contribution in [2.75, 3.05) is 0 Å². The van der Waals surface area contributed by atoms with Crippen LogP contribution in [0.1, 0.15) is 87.5 Å². The van der Waals surface area contributed by atoms with Gasteiger partial charge in [0.25, 0.3) is 0 Å². The molecule has 1 fully saturated rings. The van der Waals surface area contributed by atoms with Gasteiger partial charge >= 0.3 is 0 Å². The van der Waals surface area contributed by atoms with Crippen LogP contribution in [0, 0.1) is 28.1 Å². The first kappa shape index (κ1) is 16.1. The second kappa shape index (κ2) is 5.17. The molecule has 0 bridgehead atoms. The van der Waals surface area contributed by atoms with Gasteiger partial charge in [-0.2, -0.15) is 0 Å². The smallest absolute Gasteiger partial charge is 0.0297 e. The van der Waals surface area contributed by atoms with Gasteiger partial charge in [0.05, 0.1) is 0 Å². The number of rotatable bonds is 2. The van der Waals surface area contributed by atoms with Crippen LogP contribution in [-0.4, -0.2) is 0 Å². The molecule has 1 aliphatic rings. The molecule has 2 unspecified atom stereocenters. The molecule has 1 rings (SSSR count). The molecule has 0 aromatic heterocycles. The molecule has 0 nitrogen and oxygen atoms in total. The molecule has 0 spiro atoms. The van der Waals surface area contributed by atoms with Crippen molar-refractivity contribution in [2.24, 2.45) is 28.1 Å². The van der Waals surface area contributed by atoms with Gasteiger partial charge < -0.3 is 0 Å². The topological polar surface area (TPSA) is 0 Å². The lowest BCUT2D eigenvalue weighted by Crippen LogP contribution is -2.39. The third-order valence-electron chi connectivity index (χ3n) is 4.93. The molecular weight excluding hydrogens is 216 g/mol. The van der Waals surface area contributed by atoms with Crippen LogP contribution in [0.3, 0.4) is 0 Å². The zero-order chi connectivity index (χ0) is 14.2. The molecule has 1 saturated carbocycles. The van der Waals surface area contributed by atoms with Gasteiger partial charge in [0.2, 0.25) is 0 Å². The summed E-state index contributed by atoms with van der Waals surface area (Å²) in [5, 5.41) is 0. The highest BCUT2D eigenvalue weighted by atomic mass is 14.5. The summed E-state index contributed by atoms with van der Waals surface area (Å²) in [6, 6.07) is 0. The van der Waals surface area contributed by atoms with Gasteiger partial charge in [0.15, 0.2) is 0 Å². The van der Waals surface area contributed by atoms with Crippen molar-refractivity contribution in [3.63, 3.8) is 0 Å². The van der Waals surface area contributed by atoms with Crippen LogP contribution in [-0.2, 0) is 0 Å². The fraction of sp³-hybridized carbons (Fsp3) is 1.00. The Labute approximate surface area is 116 Å². The predicted molar refractivity (Wildman–Crippen MR) is 82.8 cm³/mol. The molecule has 0 saturated heterocycles. The monoisotopic (exact) mass is 252 g/mol. The molecule has 1 aliphatic carbocycles. The minimum Gasteiger partial charge on any atom is -0.0602 e. The molecule has 0 heteroatoms. The summed E-state index contributed by atoms with van der Waals surface area (Å²) in [6.07, 6.45) is 7.13. The molecule has 0 aromatic rings. The van der Waals surface area contributed by atoms with E-state index >= 15 is 0 Å². The Morgan fingerprint density at radius 3 is 1.39 bits per heavy atom. The summed E-state index contributed by atoms with van der Waals surface area (Å²) in [7, 11) is 0. The van der Waals surface area contributed by atoms with Gasteiger partial charge in [0, 0.05) is 0 Å². The summed E-state index contributed by atoms with van der Waals surface area (Å²) in [6.45, 7) is 19.5. The van der Waals surface area contributed by atoms with E-state index in [1.54, 1.807) is 0 Å². The average Bonchev–Trinajstić information content (AvgIpc) is 2.08. The summed E-state index contributed by atoms with van der Waals surface area (Å²) in [5.74, 6) is 1.83. The van der Waals surface area contributed by atoms with E-state index in [0.717, 1.165) is 11.8 Å². The lowest BCUT2D eigenvalue weighted by molar-refractivity contribution is 0.0114. The summed E-state index contributed by atoms with van der Waals surface area (Å²) in [4.78, 5) is 0. The third kappa shape index (κ3) is 4.59. The Morgan fingerprint density at radius 1 is 0.778 bits per heavy atom. The zero-order valence-electron chi connectivity index (χ0n) is 14.2. The van der Waals surface area contributed by atoms with Crippen molar-refractivity contribution in [2.45, 2.75) is 87.5 Å². The van der Waals surface area contributed by atoms with E-state index in [9.17, 15) is 0 Å². The second-order valence-electron chi connectivity index (χ2n) is 9.68. The molecular formula is C18H36. The number of hydrogen-bond acceptors (Lipinski definition) is 0. The van der Waals surface area contributed by atoms with Crippen molar-refractivity contribution >= 4 is 0 Å². The minimum absolute atomic E-state index is 0.478. The van der Waals surface area contributed by atoms with Crippen LogP contribution in [0.25, 0.3) is 0 Å². The van der Waals surface area contributed by atoms with E-state index in [1.165, 1.54) is 32.1 Å². The van der Waals surface area contributed by atoms with Gasteiger partial charge in [-0.05, 0) is 53.8 Å². The maximum absolute atomic E-state index is 2.54. The molecule has 0 amide bonds.